The number of esters is 1. The number of amides is 1. The first-order valence-electron chi connectivity index (χ1n) is 12.2. The Morgan fingerprint density at radius 2 is 1.69 bits per heavy atom. The van der Waals surface area contributed by atoms with E-state index < -0.39 is 5.97 Å². The highest BCUT2D eigenvalue weighted by Crippen LogP contribution is 2.33. The first-order valence-corrected chi connectivity index (χ1v) is 13.0. The molecule has 0 fully saturated rings. The van der Waals surface area contributed by atoms with Crippen LogP contribution in [0.3, 0.4) is 0 Å². The number of carbonyl (C=O) groups excluding carboxylic acids is 2. The van der Waals surface area contributed by atoms with Crippen LogP contribution in [0.2, 0.25) is 0 Å². The second-order valence-electron chi connectivity index (χ2n) is 8.43. The van der Waals surface area contributed by atoms with Gasteiger partial charge in [-0.15, -0.1) is 0 Å². The van der Waals surface area contributed by atoms with Crippen molar-refractivity contribution in [2.24, 2.45) is 5.10 Å². The van der Waals surface area contributed by atoms with E-state index in [-0.39, 0.29) is 12.5 Å². The van der Waals surface area contributed by atoms with Gasteiger partial charge in [-0.05, 0) is 83.9 Å². The Kier molecular flexibility index (Phi) is 9.17. The monoisotopic (exact) mass is 589 g/mol. The summed E-state index contributed by atoms with van der Waals surface area (Å²) in [4.78, 5) is 24.2. The van der Waals surface area contributed by atoms with Crippen molar-refractivity contribution in [1.29, 1.82) is 0 Å². The van der Waals surface area contributed by atoms with Gasteiger partial charge in [0.05, 0.1) is 25.6 Å². The van der Waals surface area contributed by atoms with Gasteiger partial charge in [0, 0.05) is 27.0 Å². The van der Waals surface area contributed by atoms with Crippen LogP contribution in [0.25, 0.3) is 16.9 Å². The number of hydrogen-bond donors (Lipinski definition) is 1. The van der Waals surface area contributed by atoms with E-state index in [9.17, 15) is 9.59 Å². The van der Waals surface area contributed by atoms with E-state index in [1.54, 1.807) is 24.3 Å². The highest BCUT2D eigenvalue weighted by atomic mass is 79.9. The molecule has 1 heterocycles. The van der Waals surface area contributed by atoms with E-state index >= 15 is 0 Å². The molecule has 4 aromatic rings. The molecule has 0 saturated carbocycles. The molecule has 0 aliphatic carbocycles. The number of ether oxygens (including phenoxy) is 3. The minimum atomic E-state index is -0.505. The van der Waals surface area contributed by atoms with Crippen LogP contribution < -0.4 is 14.9 Å². The summed E-state index contributed by atoms with van der Waals surface area (Å²) in [5.74, 6) is -0.0357. The van der Waals surface area contributed by atoms with Crippen LogP contribution in [0.5, 0.6) is 11.5 Å². The molecule has 0 aliphatic rings. The third kappa shape index (κ3) is 6.74. The first kappa shape index (κ1) is 27.7. The van der Waals surface area contributed by atoms with Crippen molar-refractivity contribution >= 4 is 34.0 Å². The molecule has 0 atom stereocenters. The van der Waals surface area contributed by atoms with Gasteiger partial charge < -0.3 is 18.8 Å². The van der Waals surface area contributed by atoms with Gasteiger partial charge >= 0.3 is 5.97 Å². The minimum absolute atomic E-state index is 0.247. The van der Waals surface area contributed by atoms with Crippen LogP contribution >= 0.6 is 15.9 Å². The summed E-state index contributed by atoms with van der Waals surface area (Å²) >= 11 is 3.47. The maximum absolute atomic E-state index is 12.7. The van der Waals surface area contributed by atoms with Crippen molar-refractivity contribution in [3.63, 3.8) is 0 Å². The molecule has 39 heavy (non-hydrogen) atoms. The molecule has 0 radical (unpaired) electrons. The molecule has 4 rings (SSSR count). The Bertz CT molecular complexity index is 1480. The molecule has 0 saturated heterocycles. The molecule has 1 amide bonds. The lowest BCUT2D eigenvalue weighted by atomic mass is 10.1. The highest BCUT2D eigenvalue weighted by Gasteiger charge is 2.13. The number of methoxy groups -OCH3 is 1. The van der Waals surface area contributed by atoms with Gasteiger partial charge in [-0.1, -0.05) is 30.3 Å². The van der Waals surface area contributed by atoms with Crippen molar-refractivity contribution in [3.8, 4) is 28.4 Å². The predicted molar refractivity (Wildman–Crippen MR) is 154 cm³/mol. The largest absolute Gasteiger partial charge is 0.490 e. The molecule has 0 bridgehead atoms. The van der Waals surface area contributed by atoms with Crippen molar-refractivity contribution in [2.45, 2.75) is 13.8 Å². The average molecular weight is 590 g/mol. The molecule has 3 aromatic carbocycles. The fourth-order valence-corrected chi connectivity index (χ4v) is 4.35. The number of aromatic nitrogens is 1. The maximum Gasteiger partial charge on any atom is 0.343 e. The number of nitrogens with one attached hydrogen (secondary N) is 1. The zero-order chi connectivity index (χ0) is 27.8. The molecule has 0 unspecified atom stereocenters. The zero-order valence-electron chi connectivity index (χ0n) is 21.8. The van der Waals surface area contributed by atoms with Crippen molar-refractivity contribution < 1.29 is 23.8 Å². The Morgan fingerprint density at radius 1 is 0.974 bits per heavy atom. The number of hydrazone groups is 1. The smallest absolute Gasteiger partial charge is 0.343 e. The van der Waals surface area contributed by atoms with Crippen LogP contribution in [-0.4, -0.2) is 43.0 Å². The van der Waals surface area contributed by atoms with E-state index in [1.807, 2.05) is 37.3 Å². The summed E-state index contributed by atoms with van der Waals surface area (Å²) in [6, 6.07) is 25.1. The molecule has 8 nitrogen and oxygen atoms in total. The van der Waals surface area contributed by atoms with E-state index in [2.05, 4.69) is 67.0 Å². The fraction of sp³-hybridized carbons (Fsp3) is 0.167. The third-order valence-corrected chi connectivity index (χ3v) is 6.53. The van der Waals surface area contributed by atoms with Crippen LogP contribution in [0.4, 0.5) is 0 Å². The van der Waals surface area contributed by atoms with Crippen molar-refractivity contribution in [3.05, 3.63) is 100 Å². The van der Waals surface area contributed by atoms with E-state index in [4.69, 9.17) is 9.47 Å². The van der Waals surface area contributed by atoms with Gasteiger partial charge in [-0.25, -0.2) is 10.2 Å². The normalized spacial score (nSPS) is 10.9. The van der Waals surface area contributed by atoms with E-state index in [0.717, 1.165) is 22.6 Å². The summed E-state index contributed by atoms with van der Waals surface area (Å²) in [5, 5.41) is 4.11. The van der Waals surface area contributed by atoms with Crippen LogP contribution in [-0.2, 0) is 9.53 Å². The minimum Gasteiger partial charge on any atom is -0.490 e. The molecule has 200 valence electrons. The van der Waals surface area contributed by atoms with E-state index in [0.29, 0.717) is 33.7 Å². The number of benzene rings is 3. The van der Waals surface area contributed by atoms with Gasteiger partial charge in [-0.3, -0.25) is 4.79 Å². The molecule has 1 N–H and O–H groups in total. The van der Waals surface area contributed by atoms with Crippen LogP contribution in [0.1, 0.15) is 28.5 Å². The average Bonchev–Trinajstić information content (AvgIpc) is 3.35. The lowest BCUT2D eigenvalue weighted by molar-refractivity contribution is -0.142. The maximum atomic E-state index is 12.7. The lowest BCUT2D eigenvalue weighted by Gasteiger charge is -2.13. The molecular weight excluding hydrogens is 562 g/mol. The van der Waals surface area contributed by atoms with Crippen molar-refractivity contribution in [2.75, 3.05) is 20.3 Å². The van der Waals surface area contributed by atoms with Crippen LogP contribution in [0, 0.1) is 6.92 Å². The summed E-state index contributed by atoms with van der Waals surface area (Å²) in [6.07, 6.45) is 1.50. The highest BCUT2D eigenvalue weighted by molar-refractivity contribution is 9.10. The zero-order valence-corrected chi connectivity index (χ0v) is 23.4. The Hall–Kier alpha value is -4.37. The van der Waals surface area contributed by atoms with Gasteiger partial charge in [0.25, 0.3) is 5.91 Å². The van der Waals surface area contributed by atoms with Gasteiger partial charge in [0.15, 0.2) is 18.1 Å². The Labute approximate surface area is 235 Å². The van der Waals surface area contributed by atoms with Crippen molar-refractivity contribution in [1.82, 2.24) is 9.99 Å². The Morgan fingerprint density at radius 3 is 2.38 bits per heavy atom. The van der Waals surface area contributed by atoms with Gasteiger partial charge in [0.1, 0.15) is 0 Å². The standard InChI is InChI=1S/C30H28BrN3O5/c1-4-38-27-16-23(25(31)17-28(27)39-19-29(35)37-3)18-32-33-30(36)22-11-13-24(14-12-22)34-20(2)10-15-26(34)21-8-6-5-7-9-21/h5-18H,4,19H2,1-3H3,(H,33,36)/b32-18+. The number of halogens is 1. The number of carbonyl (C=O) groups is 2. The third-order valence-electron chi connectivity index (χ3n) is 5.84. The molecule has 0 spiro atoms. The summed E-state index contributed by atoms with van der Waals surface area (Å²) in [7, 11) is 1.29. The second kappa shape index (κ2) is 12.9. The summed E-state index contributed by atoms with van der Waals surface area (Å²) < 4.78 is 18.6. The quantitative estimate of drug-likeness (QED) is 0.141. The topological polar surface area (TPSA) is 91.1 Å². The van der Waals surface area contributed by atoms with E-state index in [1.165, 1.54) is 13.3 Å². The molecule has 0 aliphatic heterocycles. The molecule has 9 heteroatoms. The Balaban J connectivity index is 1.46. The van der Waals surface area contributed by atoms with Gasteiger partial charge in [-0.2, -0.15) is 5.10 Å². The predicted octanol–water partition coefficient (Wildman–Crippen LogP) is 5.93. The number of hydrogen-bond acceptors (Lipinski definition) is 6. The molecule has 1 aromatic heterocycles. The molecular formula is C30H28BrN3O5. The SMILES string of the molecule is CCOc1cc(/C=N/NC(=O)c2ccc(-n3c(C)ccc3-c3ccccc3)cc2)c(Br)cc1OCC(=O)OC. The fourth-order valence-electron chi connectivity index (χ4n) is 3.93. The summed E-state index contributed by atoms with van der Waals surface area (Å²) in [6.45, 7) is 4.04. The number of nitrogens with zero attached hydrogens (tertiary/aromatic N) is 2. The van der Waals surface area contributed by atoms with Gasteiger partial charge in [0.2, 0.25) is 0 Å². The number of rotatable bonds is 10. The second-order valence-corrected chi connectivity index (χ2v) is 9.28. The first-order chi connectivity index (χ1) is 18.9. The van der Waals surface area contributed by atoms with Crippen LogP contribution in [0.15, 0.2) is 88.4 Å². The lowest BCUT2D eigenvalue weighted by Crippen LogP contribution is -2.17. The number of aryl methyl sites for hydroxylation is 1. The summed E-state index contributed by atoms with van der Waals surface area (Å²) in [5.41, 5.74) is 7.93.